The maximum absolute atomic E-state index is 13.0. The van der Waals surface area contributed by atoms with Gasteiger partial charge in [-0.25, -0.2) is 4.79 Å². The number of halogens is 3. The van der Waals surface area contributed by atoms with E-state index >= 15 is 0 Å². The van der Waals surface area contributed by atoms with Crippen LogP contribution < -0.4 is 10.1 Å². The molecule has 0 aliphatic carbocycles. The first-order chi connectivity index (χ1) is 23.9. The highest BCUT2D eigenvalue weighted by atomic mass is 19.4. The number of ether oxygens (including phenoxy) is 8. The van der Waals surface area contributed by atoms with Crippen LogP contribution in [0.1, 0.15) is 26.3 Å². The van der Waals surface area contributed by atoms with Crippen molar-refractivity contribution in [2.24, 2.45) is 0 Å². The average molecular weight is 694 g/mol. The van der Waals surface area contributed by atoms with Gasteiger partial charge < -0.3 is 43.2 Å². The van der Waals surface area contributed by atoms with Gasteiger partial charge in [0.25, 0.3) is 0 Å². The van der Waals surface area contributed by atoms with Crippen molar-refractivity contribution in [3.63, 3.8) is 0 Å². The van der Waals surface area contributed by atoms with Crippen molar-refractivity contribution >= 4 is 23.6 Å². The van der Waals surface area contributed by atoms with E-state index in [9.17, 15) is 22.8 Å². The minimum atomic E-state index is -4.48. The molecule has 268 valence electrons. The van der Waals surface area contributed by atoms with Gasteiger partial charge in [0.05, 0.1) is 96.1 Å². The van der Waals surface area contributed by atoms with Crippen molar-refractivity contribution in [3.05, 3.63) is 89.5 Å². The first kappa shape index (κ1) is 39.4. The third-order valence-electron chi connectivity index (χ3n) is 6.45. The molecule has 0 aliphatic heterocycles. The maximum Gasteiger partial charge on any atom is 0.416 e. The third-order valence-corrected chi connectivity index (χ3v) is 6.45. The lowest BCUT2D eigenvalue weighted by Crippen LogP contribution is -2.15. The van der Waals surface area contributed by atoms with E-state index in [2.05, 4.69) is 5.32 Å². The second-order valence-electron chi connectivity index (χ2n) is 10.1. The zero-order valence-corrected chi connectivity index (χ0v) is 27.1. The predicted molar refractivity (Wildman–Crippen MR) is 174 cm³/mol. The Morgan fingerprint density at radius 2 is 1.12 bits per heavy atom. The summed E-state index contributed by atoms with van der Waals surface area (Å²) in [5.41, 5.74) is 0.499. The number of carbonyl (C=O) groups excluding carboxylic acids is 2. The van der Waals surface area contributed by atoms with Crippen LogP contribution in [0.25, 0.3) is 0 Å². The molecule has 3 aromatic carbocycles. The molecular weight excluding hydrogens is 651 g/mol. The number of rotatable bonds is 26. The molecule has 14 heteroatoms. The first-order valence-electron chi connectivity index (χ1n) is 15.7. The monoisotopic (exact) mass is 693 g/mol. The van der Waals surface area contributed by atoms with Crippen LogP contribution in [-0.2, 0) is 39.3 Å². The van der Waals surface area contributed by atoms with Crippen LogP contribution in [0, 0.1) is 0 Å². The fourth-order valence-corrected chi connectivity index (χ4v) is 4.03. The number of anilines is 2. The Labute approximate surface area is 283 Å². The molecule has 0 atom stereocenters. The minimum Gasteiger partial charge on any atom is -0.491 e. The molecule has 1 N–H and O–H groups in total. The van der Waals surface area contributed by atoms with Crippen molar-refractivity contribution in [1.82, 2.24) is 0 Å². The summed E-state index contributed by atoms with van der Waals surface area (Å²) in [5.74, 6) is 0.0485. The summed E-state index contributed by atoms with van der Waals surface area (Å²) in [6.45, 7) is 5.01. The molecule has 11 nitrogen and oxygen atoms in total. The number of aldehydes is 1. The number of hydrogen-bond donors (Lipinski definition) is 1. The standard InChI is InChI=1S/C35H42F3NO10/c36-35(37,38)29-4-3-5-30(26-29)39-33-7-2-1-6-32(33)34(41)49-25-23-47-21-19-45-17-15-43-13-12-42-14-16-44-18-20-46-22-24-48-31-10-8-28(27-40)9-11-31/h1-11,26-27,39H,12-25H2. The molecule has 0 fully saturated rings. The SMILES string of the molecule is O=Cc1ccc(OCCOCCOCCOCCOCCOCCOCCOC(=O)c2ccccc2Nc2cccc(C(F)(F)F)c2)cc1. The average Bonchev–Trinajstić information content (AvgIpc) is 3.10. The highest BCUT2D eigenvalue weighted by Crippen LogP contribution is 2.32. The van der Waals surface area contributed by atoms with Crippen LogP contribution in [-0.4, -0.2) is 105 Å². The Morgan fingerprint density at radius 1 is 0.612 bits per heavy atom. The lowest BCUT2D eigenvalue weighted by atomic mass is 10.1. The topological polar surface area (TPSA) is 120 Å². The zero-order valence-electron chi connectivity index (χ0n) is 27.1. The molecule has 0 unspecified atom stereocenters. The van der Waals surface area contributed by atoms with Gasteiger partial charge in [0, 0.05) is 11.3 Å². The number of benzene rings is 3. The molecule has 0 bridgehead atoms. The van der Waals surface area contributed by atoms with Crippen molar-refractivity contribution in [2.75, 3.05) is 97.8 Å². The quantitative estimate of drug-likeness (QED) is 0.0643. The fraction of sp³-hybridized carbons (Fsp3) is 0.429. The molecular formula is C35H42F3NO10. The van der Waals surface area contributed by atoms with E-state index in [4.69, 9.17) is 37.9 Å². The number of hydrogen-bond acceptors (Lipinski definition) is 11. The molecule has 3 rings (SSSR count). The summed E-state index contributed by atoms with van der Waals surface area (Å²) in [6, 6.07) is 18.0. The number of nitrogens with one attached hydrogen (secondary N) is 1. The number of alkyl halides is 3. The maximum atomic E-state index is 13.0. The van der Waals surface area contributed by atoms with E-state index in [0.717, 1.165) is 18.4 Å². The van der Waals surface area contributed by atoms with Crippen molar-refractivity contribution in [1.29, 1.82) is 0 Å². The van der Waals surface area contributed by atoms with E-state index in [1.165, 1.54) is 18.2 Å². The fourth-order valence-electron chi connectivity index (χ4n) is 4.03. The van der Waals surface area contributed by atoms with E-state index in [-0.39, 0.29) is 24.5 Å². The van der Waals surface area contributed by atoms with Crippen LogP contribution in [0.5, 0.6) is 5.75 Å². The van der Waals surface area contributed by atoms with Gasteiger partial charge in [-0.2, -0.15) is 13.2 Å². The lowest BCUT2D eigenvalue weighted by molar-refractivity contribution is -0.137. The van der Waals surface area contributed by atoms with Gasteiger partial charge in [0.1, 0.15) is 25.2 Å². The van der Waals surface area contributed by atoms with Crippen LogP contribution in [0.2, 0.25) is 0 Å². The van der Waals surface area contributed by atoms with Crippen molar-refractivity contribution in [3.8, 4) is 5.75 Å². The van der Waals surface area contributed by atoms with E-state index in [1.54, 1.807) is 42.5 Å². The highest BCUT2D eigenvalue weighted by molar-refractivity contribution is 5.96. The summed E-state index contributed by atoms with van der Waals surface area (Å²) in [6.07, 6.45) is -3.70. The molecule has 0 saturated carbocycles. The molecule has 0 radical (unpaired) electrons. The Morgan fingerprint density at radius 3 is 1.65 bits per heavy atom. The van der Waals surface area contributed by atoms with Crippen LogP contribution >= 0.6 is 0 Å². The number of esters is 1. The highest BCUT2D eigenvalue weighted by Gasteiger charge is 2.30. The Hall–Kier alpha value is -4.05. The van der Waals surface area contributed by atoms with E-state index < -0.39 is 17.7 Å². The summed E-state index contributed by atoms with van der Waals surface area (Å²) in [5, 5.41) is 2.85. The second kappa shape index (κ2) is 23.3. The van der Waals surface area contributed by atoms with Gasteiger partial charge in [-0.1, -0.05) is 18.2 Å². The molecule has 0 aromatic heterocycles. The van der Waals surface area contributed by atoms with E-state index in [0.29, 0.717) is 96.3 Å². The van der Waals surface area contributed by atoms with Crippen molar-refractivity contribution in [2.45, 2.75) is 6.18 Å². The largest absolute Gasteiger partial charge is 0.491 e. The molecule has 49 heavy (non-hydrogen) atoms. The molecule has 0 spiro atoms. The van der Waals surface area contributed by atoms with Gasteiger partial charge >= 0.3 is 12.1 Å². The Balaban J connectivity index is 1.08. The smallest absolute Gasteiger partial charge is 0.416 e. The summed E-state index contributed by atoms with van der Waals surface area (Å²) >= 11 is 0. The second-order valence-corrected chi connectivity index (χ2v) is 10.1. The van der Waals surface area contributed by atoms with Gasteiger partial charge in [-0.15, -0.1) is 0 Å². The third kappa shape index (κ3) is 16.8. The number of carbonyl (C=O) groups is 2. The van der Waals surface area contributed by atoms with Crippen LogP contribution in [0.15, 0.2) is 72.8 Å². The number of para-hydroxylation sites is 1. The van der Waals surface area contributed by atoms with E-state index in [1.807, 2.05) is 0 Å². The predicted octanol–water partition coefficient (Wildman–Crippen LogP) is 5.60. The molecule has 3 aromatic rings. The van der Waals surface area contributed by atoms with Crippen LogP contribution in [0.4, 0.5) is 24.5 Å². The Bertz CT molecular complexity index is 1360. The van der Waals surface area contributed by atoms with Gasteiger partial charge in [0.15, 0.2) is 0 Å². The molecule has 0 aliphatic rings. The van der Waals surface area contributed by atoms with Gasteiger partial charge in [0.2, 0.25) is 0 Å². The Kier molecular flexibility index (Phi) is 18.8. The molecule has 0 saturated heterocycles. The molecule has 0 amide bonds. The molecule has 0 heterocycles. The zero-order chi connectivity index (χ0) is 35.0. The summed E-state index contributed by atoms with van der Waals surface area (Å²) in [4.78, 5) is 23.2. The summed E-state index contributed by atoms with van der Waals surface area (Å²) in [7, 11) is 0. The minimum absolute atomic E-state index is 0.00450. The van der Waals surface area contributed by atoms with Gasteiger partial charge in [-0.05, 0) is 54.6 Å². The van der Waals surface area contributed by atoms with Crippen molar-refractivity contribution < 1.29 is 60.7 Å². The lowest BCUT2D eigenvalue weighted by Gasteiger charge is -2.13. The van der Waals surface area contributed by atoms with Crippen LogP contribution in [0.3, 0.4) is 0 Å². The van der Waals surface area contributed by atoms with Gasteiger partial charge in [-0.3, -0.25) is 4.79 Å². The first-order valence-corrected chi connectivity index (χ1v) is 15.7. The normalized spacial score (nSPS) is 11.3. The summed E-state index contributed by atoms with van der Waals surface area (Å²) < 4.78 is 82.5.